The molecule has 9 nitrogen and oxygen atoms in total. The summed E-state index contributed by atoms with van der Waals surface area (Å²) in [6.07, 6.45) is 5.06. The smallest absolute Gasteiger partial charge is 0.243 e. The normalized spacial score (nSPS) is 22.7. The average molecular weight is 550 g/mol. The number of benzene rings is 2. The summed E-state index contributed by atoms with van der Waals surface area (Å²) in [5.41, 5.74) is 0.566. The molecule has 0 aromatic heterocycles. The van der Waals surface area contributed by atoms with Crippen molar-refractivity contribution in [1.29, 1.82) is 0 Å². The van der Waals surface area contributed by atoms with E-state index < -0.39 is 32.5 Å². The molecule has 202 valence electrons. The number of carbonyl (C=O) groups excluding carboxylic acids is 1. The van der Waals surface area contributed by atoms with E-state index in [0.717, 1.165) is 36.4 Å². The summed E-state index contributed by atoms with van der Waals surface area (Å²) in [6.45, 7) is 2.23. The van der Waals surface area contributed by atoms with Crippen molar-refractivity contribution in [3.8, 4) is 0 Å². The molecule has 2 N–H and O–H groups in total. The van der Waals surface area contributed by atoms with Crippen LogP contribution in [0.4, 0.5) is 5.69 Å². The highest BCUT2D eigenvalue weighted by Gasteiger charge is 2.32. The molecule has 1 saturated heterocycles. The number of hydrogen-bond donors (Lipinski definition) is 2. The molecule has 1 amide bonds. The van der Waals surface area contributed by atoms with Gasteiger partial charge >= 0.3 is 0 Å². The number of para-hydroxylation sites is 1. The molecule has 0 radical (unpaired) electrons. The second kappa shape index (κ2) is 12.0. The monoisotopic (exact) mass is 549 g/mol. The minimum atomic E-state index is -4.10. The Morgan fingerprint density at radius 1 is 0.919 bits per heavy atom. The quantitative estimate of drug-likeness (QED) is 0.469. The van der Waals surface area contributed by atoms with Crippen LogP contribution in [0, 0.1) is 5.92 Å². The van der Waals surface area contributed by atoms with Gasteiger partial charge in [0, 0.05) is 24.9 Å². The summed E-state index contributed by atoms with van der Waals surface area (Å²) in [7, 11) is -7.89. The molecule has 1 aliphatic heterocycles. The number of rotatable bonds is 10. The Balaban J connectivity index is 1.51. The van der Waals surface area contributed by atoms with E-state index >= 15 is 0 Å². The van der Waals surface area contributed by atoms with Crippen molar-refractivity contribution in [2.45, 2.75) is 67.4 Å². The van der Waals surface area contributed by atoms with Crippen molar-refractivity contribution in [2.75, 3.05) is 25.0 Å². The van der Waals surface area contributed by atoms with E-state index in [4.69, 9.17) is 4.74 Å². The second-order valence-electron chi connectivity index (χ2n) is 9.81. The summed E-state index contributed by atoms with van der Waals surface area (Å²) in [4.78, 5) is 12.7. The number of hydrogen-bond acceptors (Lipinski definition) is 6. The fraction of sp³-hybridized carbons (Fsp3) is 0.500. The fourth-order valence-electron chi connectivity index (χ4n) is 4.84. The molecule has 1 aliphatic carbocycles. The lowest BCUT2D eigenvalue weighted by Crippen LogP contribution is -2.42. The molecule has 37 heavy (non-hydrogen) atoms. The highest BCUT2D eigenvalue weighted by molar-refractivity contribution is 7.89. The number of nitrogens with one attached hydrogen (secondary N) is 2. The standard InChI is InChI=1S/C26H35N3O6S2/c1-20-8-5-6-12-25(20)28-36(31,32)23-13-15-24(16-14-23)37(33,34)29(18-22-11-7-17-35-22)19-26(30)27-21-9-3-2-4-10-21/h2-4,9-10,13-16,20,22,25,28H,5-8,11-12,17-19H2,1H3,(H,27,30)/t20-,22-,25+/m0/s1. The molecule has 2 aliphatic rings. The van der Waals surface area contributed by atoms with Crippen LogP contribution >= 0.6 is 0 Å². The van der Waals surface area contributed by atoms with Crippen LogP contribution in [0.25, 0.3) is 0 Å². The van der Waals surface area contributed by atoms with E-state index in [1.807, 2.05) is 13.0 Å². The zero-order chi connectivity index (χ0) is 26.5. The molecule has 0 bridgehead atoms. The predicted octanol–water partition coefficient (Wildman–Crippen LogP) is 3.35. The highest BCUT2D eigenvalue weighted by Crippen LogP contribution is 2.26. The summed E-state index contributed by atoms with van der Waals surface area (Å²) in [6, 6.07) is 13.8. The van der Waals surface area contributed by atoms with Crippen molar-refractivity contribution in [3.63, 3.8) is 0 Å². The van der Waals surface area contributed by atoms with E-state index in [2.05, 4.69) is 10.0 Å². The van der Waals surface area contributed by atoms with Crippen LogP contribution in [0.2, 0.25) is 0 Å². The molecule has 0 unspecified atom stereocenters. The number of ether oxygens (including phenoxy) is 1. The minimum absolute atomic E-state index is 0.0109. The first-order valence-corrected chi connectivity index (χ1v) is 15.7. The summed E-state index contributed by atoms with van der Waals surface area (Å²) in [5, 5.41) is 2.72. The van der Waals surface area contributed by atoms with Crippen LogP contribution in [0.1, 0.15) is 45.4 Å². The van der Waals surface area contributed by atoms with Gasteiger partial charge in [-0.3, -0.25) is 4.79 Å². The molecule has 2 fully saturated rings. The fourth-order valence-corrected chi connectivity index (χ4v) is 7.65. The maximum absolute atomic E-state index is 13.6. The first-order valence-electron chi connectivity index (χ1n) is 12.7. The maximum Gasteiger partial charge on any atom is 0.243 e. The van der Waals surface area contributed by atoms with Gasteiger partial charge < -0.3 is 10.1 Å². The van der Waals surface area contributed by atoms with Crippen molar-refractivity contribution in [1.82, 2.24) is 9.03 Å². The van der Waals surface area contributed by atoms with Gasteiger partial charge in [0.2, 0.25) is 26.0 Å². The third kappa shape index (κ3) is 7.17. The van der Waals surface area contributed by atoms with Gasteiger partial charge in [-0.25, -0.2) is 21.6 Å². The van der Waals surface area contributed by atoms with E-state index in [1.54, 1.807) is 24.3 Å². The third-order valence-corrected chi connectivity index (χ3v) is 10.3. The van der Waals surface area contributed by atoms with Crippen LogP contribution < -0.4 is 10.0 Å². The SMILES string of the molecule is C[C@H]1CCCC[C@H]1NS(=O)(=O)c1ccc(S(=O)(=O)N(CC(=O)Nc2ccccc2)C[C@@H]2CCCO2)cc1. The predicted molar refractivity (Wildman–Crippen MR) is 141 cm³/mol. The zero-order valence-electron chi connectivity index (χ0n) is 21.0. The molecule has 1 heterocycles. The first-order chi connectivity index (χ1) is 17.6. The van der Waals surface area contributed by atoms with Crippen LogP contribution in [-0.4, -0.2) is 58.9 Å². The Hall–Kier alpha value is -2.31. The summed E-state index contributed by atoms with van der Waals surface area (Å²) >= 11 is 0. The third-order valence-electron chi connectivity index (χ3n) is 7.00. The van der Waals surface area contributed by atoms with E-state index in [0.29, 0.717) is 18.7 Å². The number of sulfonamides is 2. The van der Waals surface area contributed by atoms with Crippen molar-refractivity contribution in [3.05, 3.63) is 54.6 Å². The largest absolute Gasteiger partial charge is 0.377 e. The Kier molecular flexibility index (Phi) is 9.02. The topological polar surface area (TPSA) is 122 Å². The number of amides is 1. The molecule has 4 rings (SSSR count). The van der Waals surface area contributed by atoms with Crippen LogP contribution in [-0.2, 0) is 29.6 Å². The molecule has 1 saturated carbocycles. The van der Waals surface area contributed by atoms with Crippen molar-refractivity contribution in [2.24, 2.45) is 5.92 Å². The van der Waals surface area contributed by atoms with Crippen LogP contribution in [0.5, 0.6) is 0 Å². The lowest BCUT2D eigenvalue weighted by Gasteiger charge is -2.29. The van der Waals surface area contributed by atoms with Crippen molar-refractivity contribution >= 4 is 31.6 Å². The number of nitrogens with zero attached hydrogens (tertiary/aromatic N) is 1. The molecule has 3 atom stereocenters. The Bertz CT molecular complexity index is 1260. The molecular weight excluding hydrogens is 514 g/mol. The lowest BCUT2D eigenvalue weighted by atomic mass is 9.87. The van der Waals surface area contributed by atoms with Crippen molar-refractivity contribution < 1.29 is 26.4 Å². The van der Waals surface area contributed by atoms with Gasteiger partial charge in [0.25, 0.3) is 0 Å². The highest BCUT2D eigenvalue weighted by atomic mass is 32.2. The van der Waals surface area contributed by atoms with E-state index in [9.17, 15) is 21.6 Å². The lowest BCUT2D eigenvalue weighted by molar-refractivity contribution is -0.116. The van der Waals surface area contributed by atoms with Gasteiger partial charge in [-0.15, -0.1) is 0 Å². The molecule has 11 heteroatoms. The number of anilines is 1. The molecule has 0 spiro atoms. The average Bonchev–Trinajstić information content (AvgIpc) is 3.39. The van der Waals surface area contributed by atoms with E-state index in [-0.39, 0.29) is 34.4 Å². The van der Waals surface area contributed by atoms with Gasteiger partial charge in [-0.05, 0) is 68.0 Å². The Labute approximate surface area is 219 Å². The van der Waals surface area contributed by atoms with Crippen LogP contribution in [0.15, 0.2) is 64.4 Å². The molecule has 2 aromatic carbocycles. The summed E-state index contributed by atoms with van der Waals surface area (Å²) in [5.74, 6) is -0.227. The summed E-state index contributed by atoms with van der Waals surface area (Å²) < 4.78 is 62.5. The zero-order valence-corrected chi connectivity index (χ0v) is 22.6. The van der Waals surface area contributed by atoms with Gasteiger partial charge in [0.1, 0.15) is 0 Å². The molecule has 2 aromatic rings. The minimum Gasteiger partial charge on any atom is -0.377 e. The second-order valence-corrected chi connectivity index (χ2v) is 13.5. The van der Waals surface area contributed by atoms with Gasteiger partial charge in [-0.2, -0.15) is 4.31 Å². The van der Waals surface area contributed by atoms with Gasteiger partial charge in [-0.1, -0.05) is 38.0 Å². The van der Waals surface area contributed by atoms with Crippen LogP contribution in [0.3, 0.4) is 0 Å². The Morgan fingerprint density at radius 2 is 1.59 bits per heavy atom. The van der Waals surface area contributed by atoms with E-state index in [1.165, 1.54) is 24.3 Å². The van der Waals surface area contributed by atoms with Gasteiger partial charge in [0.15, 0.2) is 0 Å². The maximum atomic E-state index is 13.6. The molecular formula is C26H35N3O6S2. The number of carbonyl (C=O) groups is 1. The van der Waals surface area contributed by atoms with Gasteiger partial charge in [0.05, 0.1) is 22.4 Å². The Morgan fingerprint density at radius 3 is 2.24 bits per heavy atom. The first kappa shape index (κ1) is 27.7.